The summed E-state index contributed by atoms with van der Waals surface area (Å²) in [6.07, 6.45) is 0. The molecule has 0 bridgehead atoms. The lowest BCUT2D eigenvalue weighted by Gasteiger charge is -1.95. The van der Waals surface area contributed by atoms with E-state index in [1.165, 1.54) is 11.3 Å². The molecule has 0 amide bonds. The summed E-state index contributed by atoms with van der Waals surface area (Å²) in [6.45, 7) is 0. The standard InChI is InChI=1S/C11H6ClN3OS/c12-8-3-1-7(2-4-8)10-6-17-11(14-10)9(5-13)15-16/h1-4,6,16H. The van der Waals surface area contributed by atoms with E-state index in [0.717, 1.165) is 11.3 Å². The number of nitrogens with zero attached hydrogens (tertiary/aromatic N) is 3. The average molecular weight is 264 g/mol. The number of hydrogen-bond acceptors (Lipinski definition) is 5. The molecule has 1 heterocycles. The summed E-state index contributed by atoms with van der Waals surface area (Å²) in [5.41, 5.74) is 1.53. The van der Waals surface area contributed by atoms with Gasteiger partial charge in [0.2, 0.25) is 5.71 Å². The normalized spacial score (nSPS) is 11.2. The summed E-state index contributed by atoms with van der Waals surface area (Å²) in [7, 11) is 0. The summed E-state index contributed by atoms with van der Waals surface area (Å²) in [5.74, 6) is 0. The molecule has 17 heavy (non-hydrogen) atoms. The minimum absolute atomic E-state index is 0.0878. The van der Waals surface area contributed by atoms with Gasteiger partial charge in [-0.2, -0.15) is 5.26 Å². The van der Waals surface area contributed by atoms with Crippen molar-refractivity contribution in [1.29, 1.82) is 5.26 Å². The van der Waals surface area contributed by atoms with Crippen molar-refractivity contribution in [2.45, 2.75) is 0 Å². The molecule has 0 radical (unpaired) electrons. The maximum atomic E-state index is 8.70. The molecule has 0 aliphatic carbocycles. The Morgan fingerprint density at radius 3 is 2.71 bits per heavy atom. The largest absolute Gasteiger partial charge is 0.410 e. The highest BCUT2D eigenvalue weighted by Gasteiger charge is 2.10. The molecular weight excluding hydrogens is 258 g/mol. The van der Waals surface area contributed by atoms with Gasteiger partial charge in [-0.25, -0.2) is 4.98 Å². The van der Waals surface area contributed by atoms with E-state index in [0.29, 0.717) is 10.0 Å². The van der Waals surface area contributed by atoms with Gasteiger partial charge in [-0.05, 0) is 12.1 Å². The average Bonchev–Trinajstić information content (AvgIpc) is 2.81. The Hall–Kier alpha value is -1.90. The molecule has 6 heteroatoms. The lowest BCUT2D eigenvalue weighted by molar-refractivity contribution is 0.320. The van der Waals surface area contributed by atoms with Crippen molar-refractivity contribution in [3.05, 3.63) is 39.7 Å². The fourth-order valence-electron chi connectivity index (χ4n) is 1.25. The molecule has 0 saturated heterocycles. The van der Waals surface area contributed by atoms with E-state index < -0.39 is 0 Å². The van der Waals surface area contributed by atoms with E-state index in [2.05, 4.69) is 10.1 Å². The van der Waals surface area contributed by atoms with Crippen LogP contribution in [-0.4, -0.2) is 15.9 Å². The number of thiazole rings is 1. The fraction of sp³-hybridized carbons (Fsp3) is 0. The van der Waals surface area contributed by atoms with Crippen molar-refractivity contribution in [3.63, 3.8) is 0 Å². The summed E-state index contributed by atoms with van der Waals surface area (Å²) in [6, 6.07) is 8.97. The van der Waals surface area contributed by atoms with Gasteiger partial charge in [0.15, 0.2) is 5.01 Å². The molecule has 1 aromatic heterocycles. The molecule has 0 unspecified atom stereocenters. The van der Waals surface area contributed by atoms with Crippen LogP contribution in [-0.2, 0) is 0 Å². The van der Waals surface area contributed by atoms with E-state index in [-0.39, 0.29) is 5.71 Å². The molecule has 1 N–H and O–H groups in total. The molecule has 0 atom stereocenters. The molecule has 2 aromatic rings. The van der Waals surface area contributed by atoms with Gasteiger partial charge in [0, 0.05) is 16.0 Å². The first-order valence-corrected chi connectivity index (χ1v) is 5.84. The van der Waals surface area contributed by atoms with Crippen molar-refractivity contribution >= 4 is 28.6 Å². The minimum Gasteiger partial charge on any atom is -0.410 e. The maximum absolute atomic E-state index is 8.70. The Morgan fingerprint density at radius 1 is 1.41 bits per heavy atom. The maximum Gasteiger partial charge on any atom is 0.215 e. The monoisotopic (exact) mass is 263 g/mol. The first-order valence-electron chi connectivity index (χ1n) is 4.58. The third-order valence-corrected chi connectivity index (χ3v) is 3.15. The predicted octanol–water partition coefficient (Wildman–Crippen LogP) is 3.17. The third-order valence-electron chi connectivity index (χ3n) is 2.05. The lowest BCUT2D eigenvalue weighted by atomic mass is 10.2. The van der Waals surface area contributed by atoms with Crippen LogP contribution in [0.2, 0.25) is 5.02 Å². The summed E-state index contributed by atoms with van der Waals surface area (Å²) in [5, 5.41) is 23.0. The van der Waals surface area contributed by atoms with E-state index in [4.69, 9.17) is 22.1 Å². The number of aromatic nitrogens is 1. The highest BCUT2D eigenvalue weighted by molar-refractivity contribution is 7.12. The van der Waals surface area contributed by atoms with Gasteiger partial charge in [-0.3, -0.25) is 0 Å². The van der Waals surface area contributed by atoms with Crippen molar-refractivity contribution in [2.75, 3.05) is 0 Å². The number of rotatable bonds is 2. The van der Waals surface area contributed by atoms with Gasteiger partial charge < -0.3 is 5.21 Å². The number of hydrogen-bond donors (Lipinski definition) is 1. The second-order valence-electron chi connectivity index (χ2n) is 3.11. The zero-order valence-electron chi connectivity index (χ0n) is 8.46. The zero-order chi connectivity index (χ0) is 12.3. The lowest BCUT2D eigenvalue weighted by Crippen LogP contribution is -1.95. The number of oxime groups is 1. The molecule has 0 aliphatic rings. The molecular formula is C11H6ClN3OS. The Bertz CT molecular complexity index is 598. The second-order valence-corrected chi connectivity index (χ2v) is 4.40. The number of halogens is 1. The summed E-state index contributed by atoms with van der Waals surface area (Å²) >= 11 is 7.04. The van der Waals surface area contributed by atoms with Crippen molar-refractivity contribution in [2.24, 2.45) is 5.16 Å². The second kappa shape index (κ2) is 4.95. The Labute approximate surface area is 106 Å². The molecule has 0 fully saturated rings. The molecule has 2 rings (SSSR count). The highest BCUT2D eigenvalue weighted by atomic mass is 35.5. The summed E-state index contributed by atoms with van der Waals surface area (Å²) in [4.78, 5) is 4.21. The SMILES string of the molecule is N#CC(=NO)c1nc(-c2ccc(Cl)cc2)cs1. The molecule has 0 aliphatic heterocycles. The van der Waals surface area contributed by atoms with Crippen LogP contribution in [0.15, 0.2) is 34.8 Å². The molecule has 0 spiro atoms. The van der Waals surface area contributed by atoms with E-state index in [1.807, 2.05) is 12.1 Å². The van der Waals surface area contributed by atoms with Crippen LogP contribution >= 0.6 is 22.9 Å². The van der Waals surface area contributed by atoms with Crippen LogP contribution in [0.4, 0.5) is 0 Å². The summed E-state index contributed by atoms with van der Waals surface area (Å²) < 4.78 is 0. The van der Waals surface area contributed by atoms with Crippen LogP contribution in [0.3, 0.4) is 0 Å². The smallest absolute Gasteiger partial charge is 0.215 e. The van der Waals surface area contributed by atoms with E-state index >= 15 is 0 Å². The van der Waals surface area contributed by atoms with Crippen LogP contribution in [0.5, 0.6) is 0 Å². The van der Waals surface area contributed by atoms with Crippen molar-refractivity contribution in [1.82, 2.24) is 4.98 Å². The van der Waals surface area contributed by atoms with Gasteiger partial charge in [0.1, 0.15) is 6.07 Å². The van der Waals surface area contributed by atoms with Crippen molar-refractivity contribution < 1.29 is 5.21 Å². The molecule has 84 valence electrons. The molecule has 1 aromatic carbocycles. The van der Waals surface area contributed by atoms with E-state index in [9.17, 15) is 0 Å². The van der Waals surface area contributed by atoms with Gasteiger partial charge in [-0.1, -0.05) is 28.9 Å². The van der Waals surface area contributed by atoms with Crippen LogP contribution in [0.1, 0.15) is 5.01 Å². The Balaban J connectivity index is 2.37. The first-order chi connectivity index (χ1) is 8.24. The minimum atomic E-state index is -0.0878. The van der Waals surface area contributed by atoms with Crippen molar-refractivity contribution in [3.8, 4) is 17.3 Å². The van der Waals surface area contributed by atoms with Gasteiger partial charge in [0.05, 0.1) is 5.69 Å². The Kier molecular flexibility index (Phi) is 3.38. The zero-order valence-corrected chi connectivity index (χ0v) is 10.0. The first kappa shape index (κ1) is 11.6. The van der Waals surface area contributed by atoms with Crippen LogP contribution in [0.25, 0.3) is 11.3 Å². The molecule has 0 saturated carbocycles. The number of benzene rings is 1. The van der Waals surface area contributed by atoms with Crippen LogP contribution in [0, 0.1) is 11.3 Å². The third kappa shape index (κ3) is 2.44. The predicted molar refractivity (Wildman–Crippen MR) is 66.5 cm³/mol. The Morgan fingerprint density at radius 2 is 2.12 bits per heavy atom. The van der Waals surface area contributed by atoms with Gasteiger partial charge in [0.25, 0.3) is 0 Å². The number of nitriles is 1. The molecule has 4 nitrogen and oxygen atoms in total. The van der Waals surface area contributed by atoms with Gasteiger partial charge in [-0.15, -0.1) is 11.3 Å². The fourth-order valence-corrected chi connectivity index (χ4v) is 2.14. The van der Waals surface area contributed by atoms with Gasteiger partial charge >= 0.3 is 0 Å². The van der Waals surface area contributed by atoms with Crippen LogP contribution < -0.4 is 0 Å². The highest BCUT2D eigenvalue weighted by Crippen LogP contribution is 2.23. The topological polar surface area (TPSA) is 69.3 Å². The quantitative estimate of drug-likeness (QED) is 0.514. The van der Waals surface area contributed by atoms with E-state index in [1.54, 1.807) is 23.6 Å².